The number of benzene rings is 3. The fourth-order valence-corrected chi connectivity index (χ4v) is 4.38. The first-order valence-corrected chi connectivity index (χ1v) is 11.3. The van der Waals surface area contributed by atoms with Crippen LogP contribution >= 0.6 is 0 Å². The highest BCUT2D eigenvalue weighted by atomic mass is 19.4. The highest BCUT2D eigenvalue weighted by Crippen LogP contribution is 2.33. The van der Waals surface area contributed by atoms with Gasteiger partial charge in [0.05, 0.1) is 24.8 Å². The Balaban J connectivity index is 1.53. The van der Waals surface area contributed by atoms with Gasteiger partial charge < -0.3 is 10.2 Å². The van der Waals surface area contributed by atoms with E-state index in [-0.39, 0.29) is 12.4 Å². The number of aliphatic hydroxyl groups excluding tert-OH is 1. The van der Waals surface area contributed by atoms with Crippen molar-refractivity contribution in [3.63, 3.8) is 0 Å². The predicted molar refractivity (Wildman–Crippen MR) is 128 cm³/mol. The molecule has 0 saturated carbocycles. The van der Waals surface area contributed by atoms with Crippen molar-refractivity contribution < 1.29 is 32.6 Å². The van der Waals surface area contributed by atoms with Gasteiger partial charge >= 0.3 is 12.1 Å². The molecule has 0 fully saturated rings. The van der Waals surface area contributed by atoms with Crippen LogP contribution in [0.2, 0.25) is 0 Å². The van der Waals surface area contributed by atoms with Crippen LogP contribution in [0.5, 0.6) is 0 Å². The summed E-state index contributed by atoms with van der Waals surface area (Å²) in [7, 11) is 0. The van der Waals surface area contributed by atoms with Gasteiger partial charge in [-0.3, -0.25) is 9.80 Å². The van der Waals surface area contributed by atoms with E-state index in [0.717, 1.165) is 27.3 Å². The van der Waals surface area contributed by atoms with Gasteiger partial charge in [0, 0.05) is 12.0 Å². The second-order valence-corrected chi connectivity index (χ2v) is 8.81. The van der Waals surface area contributed by atoms with E-state index >= 15 is 0 Å². The number of carbonyl (C=O) groups is 1. The third-order valence-corrected chi connectivity index (χ3v) is 6.14. The molecule has 1 aliphatic rings. The molecule has 1 atom stereocenters. The average molecular weight is 500 g/mol. The lowest BCUT2D eigenvalue weighted by atomic mass is 9.94. The summed E-state index contributed by atoms with van der Waals surface area (Å²) in [5, 5.41) is 23.3. The second-order valence-electron chi connectivity index (χ2n) is 8.81. The van der Waals surface area contributed by atoms with Gasteiger partial charge in [0.2, 0.25) is 0 Å². The Labute approximate surface area is 205 Å². The molecule has 0 bridgehead atoms. The number of hydrogen-bond acceptors (Lipinski definition) is 4. The van der Waals surface area contributed by atoms with Crippen molar-refractivity contribution in [2.24, 2.45) is 5.10 Å². The van der Waals surface area contributed by atoms with E-state index in [4.69, 9.17) is 5.11 Å². The Morgan fingerprint density at radius 3 is 2.28 bits per heavy atom. The Bertz CT molecular complexity index is 1300. The van der Waals surface area contributed by atoms with Crippen molar-refractivity contribution in [1.29, 1.82) is 0 Å². The molecule has 0 radical (unpaired) electrons. The van der Waals surface area contributed by atoms with Gasteiger partial charge in [-0.05, 0) is 65.4 Å². The summed E-state index contributed by atoms with van der Waals surface area (Å²) in [6, 6.07) is 16.0. The van der Waals surface area contributed by atoms with Crippen molar-refractivity contribution in [2.45, 2.75) is 45.0 Å². The van der Waals surface area contributed by atoms with E-state index in [2.05, 4.69) is 5.10 Å². The molecule has 1 aliphatic heterocycles. The molecular formula is C27H24F4N2O3. The second kappa shape index (κ2) is 10.1. The van der Waals surface area contributed by atoms with Crippen LogP contribution in [0.25, 0.3) is 11.1 Å². The van der Waals surface area contributed by atoms with Gasteiger partial charge in [0.25, 0.3) is 0 Å². The summed E-state index contributed by atoms with van der Waals surface area (Å²) in [4.78, 5) is 11.1. The number of carboxylic acid groups (broad SMARTS) is 1. The number of halogens is 4. The van der Waals surface area contributed by atoms with Gasteiger partial charge in [0.1, 0.15) is 11.5 Å². The van der Waals surface area contributed by atoms with Crippen LogP contribution in [0.3, 0.4) is 0 Å². The van der Waals surface area contributed by atoms with Crippen molar-refractivity contribution >= 4 is 17.4 Å². The molecule has 0 aromatic heterocycles. The van der Waals surface area contributed by atoms with Crippen LogP contribution in [0, 0.1) is 12.7 Å². The van der Waals surface area contributed by atoms with Crippen LogP contribution in [-0.2, 0) is 17.8 Å². The summed E-state index contributed by atoms with van der Waals surface area (Å²) < 4.78 is 53.9. The molecule has 3 aromatic carbocycles. The summed E-state index contributed by atoms with van der Waals surface area (Å²) >= 11 is 0. The van der Waals surface area contributed by atoms with Gasteiger partial charge in [0.15, 0.2) is 0 Å². The molecule has 0 spiro atoms. The van der Waals surface area contributed by atoms with Crippen molar-refractivity contribution in [3.8, 4) is 11.1 Å². The molecule has 188 valence electrons. The monoisotopic (exact) mass is 500 g/mol. The van der Waals surface area contributed by atoms with E-state index in [1.807, 2.05) is 25.1 Å². The van der Waals surface area contributed by atoms with Crippen LogP contribution in [0.15, 0.2) is 65.8 Å². The number of aliphatic hydroxyl groups is 1. The third kappa shape index (κ3) is 5.57. The van der Waals surface area contributed by atoms with E-state index in [9.17, 15) is 27.5 Å². The largest absolute Gasteiger partial charge is 0.481 e. The SMILES string of the molecule is Cc1cc(Cc2ccc(N3N=C(C(F)(F)F)CC3CC(=O)O)cc2)ccc1-c1cc(CO)ccc1F. The number of hydrogen-bond donors (Lipinski definition) is 2. The lowest BCUT2D eigenvalue weighted by molar-refractivity contribution is -0.137. The molecule has 36 heavy (non-hydrogen) atoms. The minimum absolute atomic E-state index is 0.183. The van der Waals surface area contributed by atoms with Gasteiger partial charge in [-0.2, -0.15) is 18.3 Å². The highest BCUT2D eigenvalue weighted by molar-refractivity contribution is 5.94. The van der Waals surface area contributed by atoms with E-state index in [0.29, 0.717) is 23.2 Å². The molecule has 3 aromatic rings. The summed E-state index contributed by atoms with van der Waals surface area (Å²) in [6.07, 6.45) is -5.02. The molecule has 5 nitrogen and oxygen atoms in total. The van der Waals surface area contributed by atoms with E-state index in [1.54, 1.807) is 30.3 Å². The van der Waals surface area contributed by atoms with Crippen LogP contribution in [0.1, 0.15) is 35.1 Å². The number of aryl methyl sites for hydroxylation is 1. The average Bonchev–Trinajstić information content (AvgIpc) is 3.24. The van der Waals surface area contributed by atoms with E-state index < -0.39 is 36.7 Å². The minimum atomic E-state index is -4.61. The van der Waals surface area contributed by atoms with Crippen molar-refractivity contribution in [1.82, 2.24) is 0 Å². The van der Waals surface area contributed by atoms with Gasteiger partial charge in [-0.1, -0.05) is 36.4 Å². The number of alkyl halides is 3. The van der Waals surface area contributed by atoms with Crippen LogP contribution < -0.4 is 5.01 Å². The third-order valence-electron chi connectivity index (χ3n) is 6.14. The summed E-state index contributed by atoms with van der Waals surface area (Å²) in [6.45, 7) is 1.69. The van der Waals surface area contributed by atoms with Crippen LogP contribution in [0.4, 0.5) is 23.2 Å². The zero-order valence-corrected chi connectivity index (χ0v) is 19.4. The first-order chi connectivity index (χ1) is 17.0. The van der Waals surface area contributed by atoms with E-state index in [1.165, 1.54) is 12.1 Å². The van der Waals surface area contributed by atoms with Crippen molar-refractivity contribution in [2.75, 3.05) is 5.01 Å². The number of nitrogens with zero attached hydrogens (tertiary/aromatic N) is 2. The maximum atomic E-state index is 14.4. The number of anilines is 1. The molecule has 1 heterocycles. The van der Waals surface area contributed by atoms with Crippen LogP contribution in [-0.4, -0.2) is 34.1 Å². The number of aliphatic carboxylic acids is 1. The molecule has 9 heteroatoms. The predicted octanol–water partition coefficient (Wildman–Crippen LogP) is 5.86. The molecule has 4 rings (SSSR count). The molecular weight excluding hydrogens is 476 g/mol. The fraction of sp³-hybridized carbons (Fsp3) is 0.259. The Morgan fingerprint density at radius 2 is 1.67 bits per heavy atom. The van der Waals surface area contributed by atoms with Gasteiger partial charge in [-0.25, -0.2) is 4.39 Å². The quantitative estimate of drug-likeness (QED) is 0.399. The maximum Gasteiger partial charge on any atom is 0.431 e. The lowest BCUT2D eigenvalue weighted by Crippen LogP contribution is -2.29. The molecule has 2 N–H and O–H groups in total. The molecule has 0 aliphatic carbocycles. The Morgan fingerprint density at radius 1 is 1.00 bits per heavy atom. The summed E-state index contributed by atoms with van der Waals surface area (Å²) in [5.74, 6) is -1.57. The number of carboxylic acids is 1. The minimum Gasteiger partial charge on any atom is -0.481 e. The molecule has 0 amide bonds. The standard InChI is InChI=1S/C27H24F4N2O3/c1-16-10-18(4-8-22(16)23-12-19(15-34)5-9-24(23)28)11-17-2-6-20(7-3-17)33-21(14-26(35)36)13-25(32-33)27(29,30)31/h2-10,12,21,34H,11,13-15H2,1H3,(H,35,36). The Hall–Kier alpha value is -3.72. The normalized spacial score (nSPS) is 15.8. The maximum absolute atomic E-state index is 14.4. The topological polar surface area (TPSA) is 73.1 Å². The highest BCUT2D eigenvalue weighted by Gasteiger charge is 2.43. The van der Waals surface area contributed by atoms with Crippen molar-refractivity contribution in [3.05, 3.63) is 88.7 Å². The number of hydrazone groups is 1. The first kappa shape index (κ1) is 25.4. The lowest BCUT2D eigenvalue weighted by Gasteiger charge is -2.22. The zero-order chi connectivity index (χ0) is 26.0. The molecule has 1 unspecified atom stereocenters. The molecule has 0 saturated heterocycles. The number of rotatable bonds is 7. The smallest absolute Gasteiger partial charge is 0.431 e. The first-order valence-electron chi connectivity index (χ1n) is 11.3. The van der Waals surface area contributed by atoms with Gasteiger partial charge in [-0.15, -0.1) is 0 Å². The summed E-state index contributed by atoms with van der Waals surface area (Å²) in [5.41, 5.74) is 3.86. The zero-order valence-electron chi connectivity index (χ0n) is 19.4. The fourth-order valence-electron chi connectivity index (χ4n) is 4.38. The Kier molecular flexibility index (Phi) is 7.12.